The number of aliphatic hydroxyl groups is 2. The van der Waals surface area contributed by atoms with Gasteiger partial charge >= 0.3 is 0 Å². The van der Waals surface area contributed by atoms with E-state index < -0.39 is 24.0 Å². The van der Waals surface area contributed by atoms with Crippen LogP contribution in [0.1, 0.15) is 62.5 Å². The van der Waals surface area contributed by atoms with Crippen molar-refractivity contribution in [3.05, 3.63) is 169 Å². The molecule has 0 heterocycles. The highest BCUT2D eigenvalue weighted by Gasteiger charge is 2.52. The van der Waals surface area contributed by atoms with Crippen molar-refractivity contribution < 1.29 is 15.3 Å². The molecule has 5 N–H and O–H groups in total. The number of nitrogens with zero attached hydrogens (tertiary/aromatic N) is 2. The Hall–Kier alpha value is -6.08. The van der Waals surface area contributed by atoms with Crippen molar-refractivity contribution in [3.63, 3.8) is 0 Å². The average molecular weight is 768 g/mol. The van der Waals surface area contributed by atoms with Gasteiger partial charge in [0.15, 0.2) is 0 Å². The first-order chi connectivity index (χ1) is 28.4. The maximum Gasteiger partial charge on any atom is 0.121 e. The summed E-state index contributed by atoms with van der Waals surface area (Å²) in [7, 11) is 0. The summed E-state index contributed by atoms with van der Waals surface area (Å²) in [5, 5.41) is 37.9. The van der Waals surface area contributed by atoms with Gasteiger partial charge in [0.25, 0.3) is 0 Å². The summed E-state index contributed by atoms with van der Waals surface area (Å²) >= 11 is 0. The molecule has 0 spiro atoms. The number of fused-ring (bicyclic) bond motifs is 1. The highest BCUT2D eigenvalue weighted by molar-refractivity contribution is 6.01. The maximum absolute atomic E-state index is 12.0. The largest absolute Gasteiger partial charge is 0.508 e. The van der Waals surface area contributed by atoms with Gasteiger partial charge in [0.2, 0.25) is 0 Å². The van der Waals surface area contributed by atoms with Crippen LogP contribution in [-0.2, 0) is 0 Å². The molecule has 0 saturated heterocycles. The number of unbranched alkanes of at least 4 members (excludes halogenated alkanes) is 2. The van der Waals surface area contributed by atoms with Gasteiger partial charge in [0.1, 0.15) is 5.75 Å². The lowest BCUT2D eigenvalue weighted by Crippen LogP contribution is -2.52. The van der Waals surface area contributed by atoms with Crippen LogP contribution in [0.3, 0.4) is 0 Å². The van der Waals surface area contributed by atoms with Gasteiger partial charge in [-0.2, -0.15) is 0 Å². The van der Waals surface area contributed by atoms with E-state index in [0.717, 1.165) is 100 Å². The summed E-state index contributed by atoms with van der Waals surface area (Å²) < 4.78 is 0. The molecule has 1 fully saturated rings. The normalized spacial score (nSPS) is 17.5. The molecule has 7 aromatic rings. The molecule has 58 heavy (non-hydrogen) atoms. The molecule has 294 valence electrons. The molecule has 8 rings (SSSR count). The lowest BCUT2D eigenvalue weighted by molar-refractivity contribution is -0.0784. The highest BCUT2D eigenvalue weighted by atomic mass is 16.3. The molecular formula is C52H53N3O3. The number of phenols is 1. The van der Waals surface area contributed by atoms with Crippen LogP contribution in [0.15, 0.2) is 158 Å². The van der Waals surface area contributed by atoms with Crippen LogP contribution in [-0.4, -0.2) is 40.6 Å². The van der Waals surface area contributed by atoms with Crippen molar-refractivity contribution in [2.24, 2.45) is 0 Å². The number of anilines is 5. The number of aliphatic hydroxyl groups excluding tert-OH is 2. The molecule has 1 aliphatic rings. The van der Waals surface area contributed by atoms with E-state index in [0.29, 0.717) is 11.3 Å². The van der Waals surface area contributed by atoms with Crippen LogP contribution in [0, 0.1) is 0 Å². The standard InChI is InChI=1S/C52H53N3O3/c1-3-5-31-54(32-6-4-2)46-34-43(53)48(41-26-14-13-25-40(41)46)50-51(57)49(52(50)58)42-30-29-37(33-47(42)56)55(44-27-17-15-23-38(44)35-19-9-7-10-20-35)45-28-18-16-24-39(45)36-21-11-8-12-22-36/h7-30,33-34,49-52,56-58H,3-6,31-32,53H2,1-2H3. The van der Waals surface area contributed by atoms with E-state index >= 15 is 0 Å². The topological polar surface area (TPSA) is 93.2 Å². The Morgan fingerprint density at radius 1 is 0.534 bits per heavy atom. The number of hydrogen-bond donors (Lipinski definition) is 4. The quantitative estimate of drug-likeness (QED) is 0.0824. The summed E-state index contributed by atoms with van der Waals surface area (Å²) in [5.41, 5.74) is 16.7. The molecule has 0 radical (unpaired) electrons. The lowest BCUT2D eigenvalue weighted by Gasteiger charge is -2.48. The zero-order valence-corrected chi connectivity index (χ0v) is 33.4. The number of phenolic OH excluding ortho intramolecular Hbond substituents is 1. The number of aromatic hydroxyl groups is 1. The van der Waals surface area contributed by atoms with E-state index in [4.69, 9.17) is 5.73 Å². The minimum atomic E-state index is -0.965. The molecule has 1 aliphatic carbocycles. The molecule has 2 atom stereocenters. The Kier molecular flexibility index (Phi) is 11.5. The molecule has 0 aromatic heterocycles. The molecular weight excluding hydrogens is 715 g/mol. The van der Waals surface area contributed by atoms with Crippen molar-refractivity contribution >= 4 is 39.2 Å². The number of nitrogens with two attached hydrogens (primary N) is 1. The van der Waals surface area contributed by atoms with E-state index in [1.807, 2.05) is 91.0 Å². The van der Waals surface area contributed by atoms with E-state index in [1.165, 1.54) is 0 Å². The molecule has 2 unspecified atom stereocenters. The first-order valence-electron chi connectivity index (χ1n) is 20.7. The number of para-hydroxylation sites is 2. The first kappa shape index (κ1) is 38.8. The van der Waals surface area contributed by atoms with E-state index in [1.54, 1.807) is 6.07 Å². The van der Waals surface area contributed by atoms with E-state index in [9.17, 15) is 15.3 Å². The fourth-order valence-electron chi connectivity index (χ4n) is 8.92. The van der Waals surface area contributed by atoms with Crippen LogP contribution in [0.5, 0.6) is 5.75 Å². The molecule has 6 nitrogen and oxygen atoms in total. The Bertz CT molecular complexity index is 2390. The second-order valence-electron chi connectivity index (χ2n) is 15.5. The Morgan fingerprint density at radius 2 is 1.03 bits per heavy atom. The molecule has 1 saturated carbocycles. The fraction of sp³-hybridized carbons (Fsp3) is 0.231. The van der Waals surface area contributed by atoms with Crippen molar-refractivity contribution in [2.75, 3.05) is 28.6 Å². The van der Waals surface area contributed by atoms with Crippen LogP contribution in [0.25, 0.3) is 33.0 Å². The van der Waals surface area contributed by atoms with Gasteiger partial charge < -0.3 is 30.9 Å². The van der Waals surface area contributed by atoms with Gasteiger partial charge in [0, 0.05) is 70.1 Å². The maximum atomic E-state index is 12.0. The number of hydrogen-bond acceptors (Lipinski definition) is 6. The van der Waals surface area contributed by atoms with Crippen molar-refractivity contribution in [1.82, 2.24) is 0 Å². The highest BCUT2D eigenvalue weighted by Crippen LogP contribution is 2.54. The number of rotatable bonds is 14. The first-order valence-corrected chi connectivity index (χ1v) is 20.7. The second kappa shape index (κ2) is 17.2. The van der Waals surface area contributed by atoms with Crippen molar-refractivity contribution in [3.8, 4) is 28.0 Å². The zero-order chi connectivity index (χ0) is 40.2. The third kappa shape index (κ3) is 7.30. The Labute approximate surface area is 342 Å². The summed E-state index contributed by atoms with van der Waals surface area (Å²) in [6.07, 6.45) is 2.44. The van der Waals surface area contributed by atoms with Gasteiger partial charge in [-0.3, -0.25) is 0 Å². The molecule has 6 heteroatoms. The van der Waals surface area contributed by atoms with Gasteiger partial charge in [-0.15, -0.1) is 0 Å². The molecule has 0 amide bonds. The molecule has 0 aliphatic heterocycles. The summed E-state index contributed by atoms with van der Waals surface area (Å²) in [4.78, 5) is 4.62. The average Bonchev–Trinajstić information content (AvgIpc) is 3.26. The summed E-state index contributed by atoms with van der Waals surface area (Å²) in [6.45, 7) is 6.30. The monoisotopic (exact) mass is 767 g/mol. The van der Waals surface area contributed by atoms with Crippen LogP contribution in [0.2, 0.25) is 0 Å². The van der Waals surface area contributed by atoms with Gasteiger partial charge in [-0.05, 0) is 59.2 Å². The SMILES string of the molecule is CCCCN(CCCC)c1cc(N)c(C2C(O)C(c3ccc(N(c4ccccc4-c4ccccc4)c4ccccc4-c4ccccc4)cc3O)C2O)c2ccccc12. The fourth-order valence-corrected chi connectivity index (χ4v) is 8.92. The predicted octanol–water partition coefficient (Wildman–Crippen LogP) is 11.9. The van der Waals surface area contributed by atoms with Crippen LogP contribution in [0.4, 0.5) is 28.4 Å². The molecule has 0 bridgehead atoms. The Morgan fingerprint density at radius 3 is 1.57 bits per heavy atom. The lowest BCUT2D eigenvalue weighted by atomic mass is 9.62. The number of nitrogen functional groups attached to an aromatic ring is 1. The zero-order valence-electron chi connectivity index (χ0n) is 33.4. The third-order valence-corrected chi connectivity index (χ3v) is 11.9. The van der Waals surface area contributed by atoms with Crippen LogP contribution >= 0.6 is 0 Å². The third-order valence-electron chi connectivity index (χ3n) is 11.9. The van der Waals surface area contributed by atoms with E-state index in [2.05, 4.69) is 84.3 Å². The van der Waals surface area contributed by atoms with Gasteiger partial charge in [-0.1, -0.05) is 154 Å². The smallest absolute Gasteiger partial charge is 0.121 e. The van der Waals surface area contributed by atoms with Gasteiger partial charge in [-0.25, -0.2) is 0 Å². The van der Waals surface area contributed by atoms with E-state index in [-0.39, 0.29) is 5.75 Å². The van der Waals surface area contributed by atoms with Crippen LogP contribution < -0.4 is 15.5 Å². The summed E-state index contributed by atoms with van der Waals surface area (Å²) in [5.74, 6) is -1.31. The molecule has 7 aromatic carbocycles. The second-order valence-corrected chi connectivity index (χ2v) is 15.5. The minimum absolute atomic E-state index is 0.00843. The minimum Gasteiger partial charge on any atom is -0.508 e. The Balaban J connectivity index is 1.18. The van der Waals surface area contributed by atoms with Crippen molar-refractivity contribution in [2.45, 2.75) is 63.6 Å². The van der Waals surface area contributed by atoms with Gasteiger partial charge in [0.05, 0.1) is 23.6 Å². The summed E-state index contributed by atoms with van der Waals surface area (Å²) in [6, 6.07) is 53.0. The number of benzene rings is 7. The van der Waals surface area contributed by atoms with Crippen molar-refractivity contribution in [1.29, 1.82) is 0 Å². The predicted molar refractivity (Wildman–Crippen MR) is 242 cm³/mol.